The summed E-state index contributed by atoms with van der Waals surface area (Å²) >= 11 is 3.47. The molecule has 1 saturated heterocycles. The average Bonchev–Trinajstić information content (AvgIpc) is 2.34. The quantitative estimate of drug-likeness (QED) is 0.930. The molecule has 1 aromatic heterocycles. The van der Waals surface area contributed by atoms with Crippen LogP contribution >= 0.6 is 15.9 Å². The molecule has 1 aliphatic heterocycles. The van der Waals surface area contributed by atoms with Crippen LogP contribution in [0.2, 0.25) is 0 Å². The Morgan fingerprint density at radius 2 is 2.41 bits per heavy atom. The smallest absolute Gasteiger partial charge is 0.131 e. The topological polar surface area (TPSA) is 28.2 Å². The van der Waals surface area contributed by atoms with Crippen LogP contribution in [0.25, 0.3) is 0 Å². The third-order valence-electron chi connectivity index (χ3n) is 3.34. The fourth-order valence-electron chi connectivity index (χ4n) is 2.51. The zero-order valence-corrected chi connectivity index (χ0v) is 12.1. The Kier molecular flexibility index (Phi) is 4.40. The second kappa shape index (κ2) is 5.83. The van der Waals surface area contributed by atoms with Crippen LogP contribution in [0.5, 0.6) is 0 Å². The molecular weight excluding hydrogens is 278 g/mol. The van der Waals surface area contributed by atoms with Crippen LogP contribution in [-0.4, -0.2) is 30.7 Å². The normalized spacial score (nSPS) is 20.3. The summed E-state index contributed by atoms with van der Waals surface area (Å²) in [6.45, 7) is 7.58. The number of pyridine rings is 1. The van der Waals surface area contributed by atoms with Crippen LogP contribution in [0.15, 0.2) is 16.7 Å². The molecule has 1 unspecified atom stereocenters. The van der Waals surface area contributed by atoms with Gasteiger partial charge in [0, 0.05) is 29.8 Å². The molecule has 0 spiro atoms. The Labute approximate surface area is 112 Å². The molecule has 1 aromatic rings. The molecular formula is C13H20BrN3. The number of nitrogens with zero attached hydrogens (tertiary/aromatic N) is 2. The van der Waals surface area contributed by atoms with Gasteiger partial charge < -0.3 is 10.2 Å². The van der Waals surface area contributed by atoms with Crippen LogP contribution in [0, 0.1) is 6.92 Å². The first-order valence-corrected chi connectivity index (χ1v) is 7.11. The Bertz CT molecular complexity index is 375. The number of aryl methyl sites for hydroxylation is 1. The predicted octanol–water partition coefficient (Wildman–Crippen LogP) is 2.73. The molecule has 0 saturated carbocycles. The van der Waals surface area contributed by atoms with Gasteiger partial charge in [-0.15, -0.1) is 0 Å². The highest BCUT2D eigenvalue weighted by Gasteiger charge is 2.21. The SMILES string of the molecule is CCN(c1ncc(Br)cc1C)C1CCCNC1. The number of likely N-dealkylation sites (N-methyl/N-ethyl adjacent to an activating group) is 1. The number of halogens is 1. The Morgan fingerprint density at radius 1 is 1.59 bits per heavy atom. The standard InChI is InChI=1S/C13H20BrN3/c1-3-17(12-5-4-6-15-9-12)13-10(2)7-11(14)8-16-13/h7-8,12,15H,3-6,9H2,1-2H3. The maximum Gasteiger partial charge on any atom is 0.131 e. The lowest BCUT2D eigenvalue weighted by atomic mass is 10.1. The first-order valence-electron chi connectivity index (χ1n) is 6.32. The van der Waals surface area contributed by atoms with E-state index < -0.39 is 0 Å². The van der Waals surface area contributed by atoms with E-state index in [0.717, 1.165) is 29.9 Å². The van der Waals surface area contributed by atoms with E-state index >= 15 is 0 Å². The van der Waals surface area contributed by atoms with E-state index in [1.54, 1.807) is 0 Å². The fraction of sp³-hybridized carbons (Fsp3) is 0.615. The largest absolute Gasteiger partial charge is 0.352 e. The second-order valence-corrected chi connectivity index (χ2v) is 5.50. The minimum absolute atomic E-state index is 0.584. The van der Waals surface area contributed by atoms with Crippen LogP contribution in [-0.2, 0) is 0 Å². The van der Waals surface area contributed by atoms with Crippen molar-refractivity contribution in [2.24, 2.45) is 0 Å². The lowest BCUT2D eigenvalue weighted by molar-refractivity contribution is 0.433. The number of piperidine rings is 1. The molecule has 3 nitrogen and oxygen atoms in total. The zero-order chi connectivity index (χ0) is 12.3. The summed E-state index contributed by atoms with van der Waals surface area (Å²) in [6, 6.07) is 2.72. The van der Waals surface area contributed by atoms with Crippen molar-refractivity contribution in [3.8, 4) is 0 Å². The maximum absolute atomic E-state index is 4.58. The Balaban J connectivity index is 2.21. The van der Waals surface area contributed by atoms with Crippen LogP contribution in [0.4, 0.5) is 5.82 Å². The van der Waals surface area contributed by atoms with Gasteiger partial charge in [0.25, 0.3) is 0 Å². The monoisotopic (exact) mass is 297 g/mol. The van der Waals surface area contributed by atoms with Crippen molar-refractivity contribution < 1.29 is 0 Å². The predicted molar refractivity (Wildman–Crippen MR) is 75.6 cm³/mol. The molecule has 1 fully saturated rings. The van der Waals surface area contributed by atoms with Crippen molar-refractivity contribution in [1.82, 2.24) is 10.3 Å². The van der Waals surface area contributed by atoms with E-state index in [0.29, 0.717) is 6.04 Å². The lowest BCUT2D eigenvalue weighted by Gasteiger charge is -2.35. The average molecular weight is 298 g/mol. The Hall–Kier alpha value is -0.610. The van der Waals surface area contributed by atoms with Gasteiger partial charge in [0.1, 0.15) is 5.82 Å². The minimum atomic E-state index is 0.584. The summed E-state index contributed by atoms with van der Waals surface area (Å²) in [6.07, 6.45) is 4.41. The van der Waals surface area contributed by atoms with Gasteiger partial charge in [-0.2, -0.15) is 0 Å². The molecule has 0 aromatic carbocycles. The van der Waals surface area contributed by atoms with E-state index in [1.807, 2.05) is 6.20 Å². The van der Waals surface area contributed by atoms with E-state index in [-0.39, 0.29) is 0 Å². The van der Waals surface area contributed by atoms with E-state index in [1.165, 1.54) is 18.4 Å². The molecule has 4 heteroatoms. The lowest BCUT2D eigenvalue weighted by Crippen LogP contribution is -2.46. The number of nitrogens with one attached hydrogen (secondary N) is 1. The van der Waals surface area contributed by atoms with Gasteiger partial charge in [-0.1, -0.05) is 0 Å². The molecule has 94 valence electrons. The molecule has 1 N–H and O–H groups in total. The highest BCUT2D eigenvalue weighted by molar-refractivity contribution is 9.10. The van der Waals surface area contributed by atoms with Gasteiger partial charge in [-0.3, -0.25) is 0 Å². The van der Waals surface area contributed by atoms with Crippen LogP contribution in [0.1, 0.15) is 25.3 Å². The number of rotatable bonds is 3. The highest BCUT2D eigenvalue weighted by Crippen LogP contribution is 2.24. The third kappa shape index (κ3) is 2.99. The molecule has 1 aliphatic rings. The Morgan fingerprint density at radius 3 is 3.00 bits per heavy atom. The molecule has 0 radical (unpaired) electrons. The maximum atomic E-state index is 4.58. The van der Waals surface area contributed by atoms with Gasteiger partial charge in [-0.05, 0) is 60.8 Å². The molecule has 0 amide bonds. The first kappa shape index (κ1) is 12.8. The van der Waals surface area contributed by atoms with Gasteiger partial charge >= 0.3 is 0 Å². The summed E-state index contributed by atoms with van der Waals surface area (Å²) < 4.78 is 1.05. The van der Waals surface area contributed by atoms with Gasteiger partial charge in [-0.25, -0.2) is 4.98 Å². The number of anilines is 1. The molecule has 2 rings (SSSR count). The van der Waals surface area contributed by atoms with Gasteiger partial charge in [0.2, 0.25) is 0 Å². The first-order chi connectivity index (χ1) is 8.22. The summed E-state index contributed by atoms with van der Waals surface area (Å²) in [5, 5.41) is 3.47. The van der Waals surface area contributed by atoms with Gasteiger partial charge in [0.05, 0.1) is 0 Å². The van der Waals surface area contributed by atoms with E-state index in [9.17, 15) is 0 Å². The summed E-state index contributed by atoms with van der Waals surface area (Å²) in [5.74, 6) is 1.13. The molecule has 0 aliphatic carbocycles. The minimum Gasteiger partial charge on any atom is -0.352 e. The van der Waals surface area contributed by atoms with E-state index in [4.69, 9.17) is 0 Å². The van der Waals surface area contributed by atoms with Crippen molar-refractivity contribution in [3.63, 3.8) is 0 Å². The van der Waals surface area contributed by atoms with Crippen molar-refractivity contribution in [3.05, 3.63) is 22.3 Å². The van der Waals surface area contributed by atoms with Gasteiger partial charge in [0.15, 0.2) is 0 Å². The molecule has 1 atom stereocenters. The van der Waals surface area contributed by atoms with Crippen LogP contribution in [0.3, 0.4) is 0 Å². The van der Waals surface area contributed by atoms with E-state index in [2.05, 4.69) is 51.0 Å². The van der Waals surface area contributed by atoms with Crippen molar-refractivity contribution in [1.29, 1.82) is 0 Å². The zero-order valence-electron chi connectivity index (χ0n) is 10.5. The summed E-state index contributed by atoms with van der Waals surface area (Å²) in [5.41, 5.74) is 1.24. The number of hydrogen-bond donors (Lipinski definition) is 1. The highest BCUT2D eigenvalue weighted by atomic mass is 79.9. The van der Waals surface area contributed by atoms with Crippen molar-refractivity contribution in [2.75, 3.05) is 24.5 Å². The molecule has 2 heterocycles. The fourth-order valence-corrected chi connectivity index (χ4v) is 2.96. The third-order valence-corrected chi connectivity index (χ3v) is 3.78. The summed E-state index contributed by atoms with van der Waals surface area (Å²) in [7, 11) is 0. The number of aromatic nitrogens is 1. The molecule has 0 bridgehead atoms. The second-order valence-electron chi connectivity index (χ2n) is 4.58. The summed E-state index contributed by atoms with van der Waals surface area (Å²) in [4.78, 5) is 7.00. The number of hydrogen-bond acceptors (Lipinski definition) is 3. The van der Waals surface area contributed by atoms with Crippen molar-refractivity contribution in [2.45, 2.75) is 32.7 Å². The molecule has 17 heavy (non-hydrogen) atoms. The van der Waals surface area contributed by atoms with Crippen molar-refractivity contribution >= 4 is 21.7 Å². The van der Waals surface area contributed by atoms with Crippen LogP contribution < -0.4 is 10.2 Å².